The van der Waals surface area contributed by atoms with Crippen molar-refractivity contribution in [1.82, 2.24) is 4.57 Å². The van der Waals surface area contributed by atoms with E-state index in [-0.39, 0.29) is 22.8 Å². The first-order chi connectivity index (χ1) is 13.3. The fourth-order valence-corrected chi connectivity index (χ4v) is 3.62. The molecule has 11 heteroatoms. The van der Waals surface area contributed by atoms with Crippen molar-refractivity contribution in [2.24, 2.45) is 7.05 Å². The van der Waals surface area contributed by atoms with Gasteiger partial charge in [0.25, 0.3) is 0 Å². The summed E-state index contributed by atoms with van der Waals surface area (Å²) in [5, 5.41) is -1.50. The third-order valence-electron chi connectivity index (χ3n) is 3.79. The van der Waals surface area contributed by atoms with E-state index in [4.69, 9.17) is 39.7 Å². The van der Waals surface area contributed by atoms with Gasteiger partial charge in [-0.3, -0.25) is 9.78 Å². The Morgan fingerprint density at radius 2 is 1.79 bits per heavy atom. The number of benzene rings is 1. The Bertz CT molecular complexity index is 1000. The molecule has 0 N–H and O–H groups in total. The fraction of sp³-hybridized carbons (Fsp3) is 0.278. The topological polar surface area (TPSA) is 40.5 Å². The van der Waals surface area contributed by atoms with Crippen molar-refractivity contribution >= 4 is 40.8 Å². The maximum absolute atomic E-state index is 15.3. The molecule has 2 aromatic rings. The molecule has 0 spiro atoms. The zero-order valence-electron chi connectivity index (χ0n) is 15.3. The summed E-state index contributed by atoms with van der Waals surface area (Å²) in [6, 6.07) is 0.954. The molecule has 29 heavy (non-hydrogen) atoms. The Balaban J connectivity index is 2.84. The van der Waals surface area contributed by atoms with Crippen LogP contribution >= 0.6 is 34.8 Å². The number of rotatable bonds is 5. The fourth-order valence-electron chi connectivity index (χ4n) is 2.63. The zero-order chi connectivity index (χ0) is 22.3. The van der Waals surface area contributed by atoms with Gasteiger partial charge in [0, 0.05) is 30.7 Å². The third kappa shape index (κ3) is 4.65. The Labute approximate surface area is 178 Å². The number of allylic oxidation sites excluding steroid dienone is 1. The molecule has 0 aliphatic heterocycles. The van der Waals surface area contributed by atoms with Crippen LogP contribution in [0.1, 0.15) is 25.1 Å². The molecule has 0 bridgehead atoms. The van der Waals surface area contributed by atoms with Gasteiger partial charge in [0.15, 0.2) is 5.75 Å². The maximum Gasteiger partial charge on any atom is 0.432 e. The lowest BCUT2D eigenvalue weighted by Gasteiger charge is -2.14. The van der Waals surface area contributed by atoms with E-state index >= 15 is 4.39 Å². The predicted molar refractivity (Wildman–Crippen MR) is 102 cm³/mol. The summed E-state index contributed by atoms with van der Waals surface area (Å²) in [5.41, 5.74) is -1.70. The SMILES string of the molecule is C=C(C)Cc1c(F)c(-c2c(Cl)c(C(F)(F)F)n(C)c2Cl)cc(OOC(C)=O)c1Cl. The van der Waals surface area contributed by atoms with Crippen molar-refractivity contribution in [2.75, 3.05) is 0 Å². The summed E-state index contributed by atoms with van der Waals surface area (Å²) >= 11 is 18.1. The quantitative estimate of drug-likeness (QED) is 0.207. The van der Waals surface area contributed by atoms with E-state index in [1.165, 1.54) is 0 Å². The highest BCUT2D eigenvalue weighted by Gasteiger charge is 2.40. The van der Waals surface area contributed by atoms with Crippen molar-refractivity contribution in [3.05, 3.63) is 50.5 Å². The number of aromatic nitrogens is 1. The van der Waals surface area contributed by atoms with Gasteiger partial charge in [-0.15, -0.1) is 0 Å². The second kappa shape index (κ2) is 8.45. The Kier molecular flexibility index (Phi) is 6.82. The minimum absolute atomic E-state index is 0.0663. The molecule has 1 aromatic carbocycles. The molecule has 0 aliphatic rings. The van der Waals surface area contributed by atoms with E-state index in [1.54, 1.807) is 6.92 Å². The Morgan fingerprint density at radius 3 is 2.24 bits per heavy atom. The molecule has 0 unspecified atom stereocenters. The van der Waals surface area contributed by atoms with Crippen molar-refractivity contribution in [2.45, 2.75) is 26.4 Å². The van der Waals surface area contributed by atoms with Crippen LogP contribution in [0, 0.1) is 5.82 Å². The van der Waals surface area contributed by atoms with Crippen LogP contribution < -0.4 is 4.89 Å². The molecular formula is C18H14Cl3F4NO3. The van der Waals surface area contributed by atoms with Crippen molar-refractivity contribution < 1.29 is 32.1 Å². The van der Waals surface area contributed by atoms with Crippen LogP contribution in [0.4, 0.5) is 17.6 Å². The average molecular weight is 475 g/mol. The molecule has 0 saturated carbocycles. The summed E-state index contributed by atoms with van der Waals surface area (Å²) in [7, 11) is 1.04. The number of hydrogen-bond donors (Lipinski definition) is 0. The Hall–Kier alpha value is -1.90. The number of halogens is 7. The number of nitrogens with zero attached hydrogens (tertiary/aromatic N) is 1. The standard InChI is InChI=1S/C18H14Cl3F4NO3/c1-7(2)5-10-13(19)11(29-28-8(3)27)6-9(15(10)22)12-14(20)16(18(23,24)25)26(4)17(12)21/h6H,1,5H2,2-4H3. The highest BCUT2D eigenvalue weighted by atomic mass is 35.5. The van der Waals surface area contributed by atoms with Gasteiger partial charge in [0.1, 0.15) is 16.7 Å². The van der Waals surface area contributed by atoms with Crippen LogP contribution in [0.2, 0.25) is 15.2 Å². The highest BCUT2D eigenvalue weighted by molar-refractivity contribution is 6.40. The largest absolute Gasteiger partial charge is 0.432 e. The molecule has 158 valence electrons. The molecule has 0 radical (unpaired) electrons. The van der Waals surface area contributed by atoms with Gasteiger partial charge >= 0.3 is 12.1 Å². The van der Waals surface area contributed by atoms with Gasteiger partial charge in [-0.1, -0.05) is 47.0 Å². The summed E-state index contributed by atoms with van der Waals surface area (Å²) in [6.45, 7) is 6.31. The first-order valence-corrected chi connectivity index (χ1v) is 9.02. The van der Waals surface area contributed by atoms with Gasteiger partial charge in [0.05, 0.1) is 10.0 Å². The van der Waals surface area contributed by atoms with E-state index in [1.807, 2.05) is 0 Å². The number of alkyl halides is 3. The van der Waals surface area contributed by atoms with Gasteiger partial charge in [-0.25, -0.2) is 9.18 Å². The summed E-state index contributed by atoms with van der Waals surface area (Å²) in [6.07, 6.45) is -4.91. The number of carbonyl (C=O) groups is 1. The van der Waals surface area contributed by atoms with Crippen LogP contribution in [-0.4, -0.2) is 10.5 Å². The molecule has 2 rings (SSSR count). The molecule has 4 nitrogen and oxygen atoms in total. The van der Waals surface area contributed by atoms with Gasteiger partial charge < -0.3 is 4.57 Å². The highest BCUT2D eigenvalue weighted by Crippen LogP contribution is 2.48. The molecule has 0 saturated heterocycles. The van der Waals surface area contributed by atoms with Gasteiger partial charge in [-0.2, -0.15) is 13.2 Å². The lowest BCUT2D eigenvalue weighted by atomic mass is 9.99. The predicted octanol–water partition coefficient (Wildman–Crippen LogP) is 6.79. The minimum atomic E-state index is -4.84. The van der Waals surface area contributed by atoms with Crippen LogP contribution in [0.5, 0.6) is 5.75 Å². The van der Waals surface area contributed by atoms with Crippen LogP contribution in [0.25, 0.3) is 11.1 Å². The average Bonchev–Trinajstić information content (AvgIpc) is 2.80. The summed E-state index contributed by atoms with van der Waals surface area (Å²) < 4.78 is 55.9. The van der Waals surface area contributed by atoms with Gasteiger partial charge in [-0.05, 0) is 19.4 Å². The minimum Gasteiger partial charge on any atom is -0.329 e. The van der Waals surface area contributed by atoms with Crippen LogP contribution in [0.15, 0.2) is 18.2 Å². The molecule has 1 aromatic heterocycles. The van der Waals surface area contributed by atoms with Crippen LogP contribution in [-0.2, 0) is 29.3 Å². The van der Waals surface area contributed by atoms with E-state index in [2.05, 4.69) is 11.5 Å². The molecule has 0 amide bonds. The third-order valence-corrected chi connectivity index (χ3v) is 5.01. The number of carbonyl (C=O) groups excluding carboxylic acids is 1. The monoisotopic (exact) mass is 473 g/mol. The van der Waals surface area contributed by atoms with E-state index in [9.17, 15) is 18.0 Å². The molecule has 0 fully saturated rings. The van der Waals surface area contributed by atoms with Crippen molar-refractivity contribution in [3.8, 4) is 16.9 Å². The summed E-state index contributed by atoms with van der Waals surface area (Å²) in [4.78, 5) is 20.3. The van der Waals surface area contributed by atoms with Gasteiger partial charge in [0.2, 0.25) is 0 Å². The van der Waals surface area contributed by atoms with E-state index in [0.717, 1.165) is 20.0 Å². The molecule has 1 heterocycles. The smallest absolute Gasteiger partial charge is 0.329 e. The number of hydrogen-bond acceptors (Lipinski definition) is 3. The van der Waals surface area contributed by atoms with Crippen molar-refractivity contribution in [3.63, 3.8) is 0 Å². The lowest BCUT2D eigenvalue weighted by molar-refractivity contribution is -0.210. The first kappa shape index (κ1) is 23.4. The summed E-state index contributed by atoms with van der Waals surface area (Å²) in [5.74, 6) is -2.10. The normalized spacial score (nSPS) is 11.5. The molecule has 0 atom stereocenters. The second-order valence-electron chi connectivity index (χ2n) is 6.21. The second-order valence-corrected chi connectivity index (χ2v) is 7.32. The van der Waals surface area contributed by atoms with Crippen molar-refractivity contribution in [1.29, 1.82) is 0 Å². The van der Waals surface area contributed by atoms with E-state index < -0.39 is 45.0 Å². The molecular weight excluding hydrogens is 461 g/mol. The Morgan fingerprint density at radius 1 is 1.21 bits per heavy atom. The lowest BCUT2D eigenvalue weighted by Crippen LogP contribution is -2.11. The first-order valence-electron chi connectivity index (χ1n) is 7.88. The zero-order valence-corrected chi connectivity index (χ0v) is 17.6. The molecule has 0 aliphatic carbocycles. The maximum atomic E-state index is 15.3. The van der Waals surface area contributed by atoms with Crippen LogP contribution in [0.3, 0.4) is 0 Å². The van der Waals surface area contributed by atoms with E-state index in [0.29, 0.717) is 10.1 Å².